The van der Waals surface area contributed by atoms with Crippen LogP contribution < -0.4 is 10.5 Å². The molecule has 0 bridgehead atoms. The SMILES string of the molecule is Nc1ncc(Cl)cc1S(=O)(=O)N[C@@H]1CCC[C@@H]1C(=O)O. The van der Waals surface area contributed by atoms with Crippen molar-refractivity contribution in [2.45, 2.75) is 30.2 Å². The van der Waals surface area contributed by atoms with Crippen molar-refractivity contribution in [3.05, 3.63) is 17.3 Å². The summed E-state index contributed by atoms with van der Waals surface area (Å²) in [6, 6.07) is 0.549. The zero-order chi connectivity index (χ0) is 14.9. The Bertz CT molecular complexity index is 635. The van der Waals surface area contributed by atoms with E-state index in [9.17, 15) is 13.2 Å². The lowest BCUT2D eigenvalue weighted by atomic mass is 10.1. The summed E-state index contributed by atoms with van der Waals surface area (Å²) in [5, 5.41) is 9.20. The van der Waals surface area contributed by atoms with E-state index in [1.165, 1.54) is 12.3 Å². The standard InChI is InChI=1S/C11H14ClN3O4S/c12-6-4-9(10(13)14-5-6)20(18,19)15-8-3-1-2-7(8)11(16)17/h4-5,7-8,15H,1-3H2,(H2,13,14)(H,16,17)/t7-,8+/m0/s1. The maximum Gasteiger partial charge on any atom is 0.308 e. The number of sulfonamides is 1. The smallest absolute Gasteiger partial charge is 0.308 e. The first-order valence-corrected chi connectivity index (χ1v) is 7.83. The Morgan fingerprint density at radius 3 is 2.85 bits per heavy atom. The summed E-state index contributed by atoms with van der Waals surface area (Å²) in [6.07, 6.45) is 2.83. The Balaban J connectivity index is 2.27. The first-order valence-electron chi connectivity index (χ1n) is 5.97. The van der Waals surface area contributed by atoms with Crippen LogP contribution in [-0.4, -0.2) is 30.5 Å². The third-order valence-corrected chi connectivity index (χ3v) is 5.00. The minimum Gasteiger partial charge on any atom is -0.481 e. The van der Waals surface area contributed by atoms with Crippen LogP contribution in [0.15, 0.2) is 17.2 Å². The highest BCUT2D eigenvalue weighted by molar-refractivity contribution is 7.89. The summed E-state index contributed by atoms with van der Waals surface area (Å²) in [5.74, 6) is -1.91. The second-order valence-electron chi connectivity index (χ2n) is 4.64. The van der Waals surface area contributed by atoms with E-state index < -0.39 is 28.0 Å². The van der Waals surface area contributed by atoms with Gasteiger partial charge in [0.2, 0.25) is 10.0 Å². The van der Waals surface area contributed by atoms with Crippen molar-refractivity contribution in [1.29, 1.82) is 0 Å². The van der Waals surface area contributed by atoms with Gasteiger partial charge in [0.05, 0.1) is 10.9 Å². The summed E-state index contributed by atoms with van der Waals surface area (Å²) >= 11 is 5.71. The lowest BCUT2D eigenvalue weighted by molar-refractivity contribution is -0.141. The summed E-state index contributed by atoms with van der Waals surface area (Å²) in [5.41, 5.74) is 5.54. The molecule has 0 saturated heterocycles. The average Bonchev–Trinajstić information content (AvgIpc) is 2.79. The number of pyridine rings is 1. The number of nitrogens with zero attached hydrogens (tertiary/aromatic N) is 1. The molecule has 1 fully saturated rings. The lowest BCUT2D eigenvalue weighted by Gasteiger charge is -2.18. The van der Waals surface area contributed by atoms with E-state index in [0.717, 1.165) is 0 Å². The Hall–Kier alpha value is -1.38. The third-order valence-electron chi connectivity index (χ3n) is 3.28. The number of rotatable bonds is 4. The minimum atomic E-state index is -3.95. The molecule has 1 aliphatic carbocycles. The molecule has 2 rings (SSSR count). The molecule has 7 nitrogen and oxygen atoms in total. The van der Waals surface area contributed by atoms with E-state index >= 15 is 0 Å². The van der Waals surface area contributed by atoms with Crippen LogP contribution in [-0.2, 0) is 14.8 Å². The summed E-state index contributed by atoms with van der Waals surface area (Å²) < 4.78 is 26.9. The molecule has 1 saturated carbocycles. The predicted molar refractivity (Wildman–Crippen MR) is 72.7 cm³/mol. The van der Waals surface area contributed by atoms with E-state index in [2.05, 4.69) is 9.71 Å². The number of carbonyl (C=O) groups is 1. The average molecular weight is 320 g/mol. The molecule has 110 valence electrons. The molecule has 0 aliphatic heterocycles. The van der Waals surface area contributed by atoms with Gasteiger partial charge in [-0.15, -0.1) is 0 Å². The van der Waals surface area contributed by atoms with E-state index in [1.54, 1.807) is 0 Å². The van der Waals surface area contributed by atoms with Crippen molar-refractivity contribution in [1.82, 2.24) is 9.71 Å². The molecule has 2 atom stereocenters. The van der Waals surface area contributed by atoms with Crippen LogP contribution in [0.1, 0.15) is 19.3 Å². The van der Waals surface area contributed by atoms with Crippen LogP contribution in [0.2, 0.25) is 5.02 Å². The number of aliphatic carboxylic acids is 1. The van der Waals surface area contributed by atoms with Crippen LogP contribution >= 0.6 is 11.6 Å². The second-order valence-corrected chi connectivity index (χ2v) is 6.76. The fourth-order valence-corrected chi connectivity index (χ4v) is 3.95. The van der Waals surface area contributed by atoms with Crippen molar-refractivity contribution in [3.8, 4) is 0 Å². The maximum absolute atomic E-state index is 12.2. The van der Waals surface area contributed by atoms with Gasteiger partial charge in [-0.05, 0) is 18.9 Å². The molecule has 4 N–H and O–H groups in total. The molecular formula is C11H14ClN3O4S. The number of nitrogens with two attached hydrogens (primary N) is 1. The largest absolute Gasteiger partial charge is 0.481 e. The second kappa shape index (κ2) is 5.55. The van der Waals surface area contributed by atoms with Crippen molar-refractivity contribution in [3.63, 3.8) is 0 Å². The van der Waals surface area contributed by atoms with Gasteiger partial charge in [-0.2, -0.15) is 0 Å². The molecule has 1 heterocycles. The fraction of sp³-hybridized carbons (Fsp3) is 0.455. The first kappa shape index (κ1) is 15.0. The van der Waals surface area contributed by atoms with Crippen molar-refractivity contribution in [2.75, 3.05) is 5.73 Å². The highest BCUT2D eigenvalue weighted by Gasteiger charge is 2.36. The van der Waals surface area contributed by atoms with Gasteiger partial charge < -0.3 is 10.8 Å². The van der Waals surface area contributed by atoms with E-state index in [0.29, 0.717) is 19.3 Å². The van der Waals surface area contributed by atoms with E-state index in [-0.39, 0.29) is 15.7 Å². The molecule has 0 unspecified atom stereocenters. The number of nitrogen functional groups attached to an aromatic ring is 1. The van der Waals surface area contributed by atoms with E-state index in [1.807, 2.05) is 0 Å². The first-order chi connectivity index (χ1) is 9.31. The monoisotopic (exact) mass is 319 g/mol. The minimum absolute atomic E-state index is 0.140. The highest BCUT2D eigenvalue weighted by atomic mass is 35.5. The molecule has 0 radical (unpaired) electrons. The van der Waals surface area contributed by atoms with Crippen LogP contribution in [0.5, 0.6) is 0 Å². The Morgan fingerprint density at radius 1 is 1.50 bits per heavy atom. The topological polar surface area (TPSA) is 122 Å². The fourth-order valence-electron chi connectivity index (χ4n) is 2.31. The van der Waals surface area contributed by atoms with Crippen LogP contribution in [0.25, 0.3) is 0 Å². The number of carboxylic acid groups (broad SMARTS) is 1. The normalized spacial score (nSPS) is 22.9. The summed E-state index contributed by atoms with van der Waals surface area (Å²) in [4.78, 5) is 14.5. The number of aromatic nitrogens is 1. The van der Waals surface area contributed by atoms with Crippen LogP contribution in [0.4, 0.5) is 5.82 Å². The van der Waals surface area contributed by atoms with Gasteiger partial charge >= 0.3 is 5.97 Å². The third kappa shape index (κ3) is 3.02. The number of nitrogens with one attached hydrogen (secondary N) is 1. The number of hydrogen-bond donors (Lipinski definition) is 3. The molecular weight excluding hydrogens is 306 g/mol. The zero-order valence-electron chi connectivity index (χ0n) is 10.4. The Kier molecular flexibility index (Phi) is 4.17. The molecule has 0 spiro atoms. The quantitative estimate of drug-likeness (QED) is 0.756. The van der Waals surface area contributed by atoms with Crippen molar-refractivity contribution in [2.24, 2.45) is 5.92 Å². The van der Waals surface area contributed by atoms with Crippen LogP contribution in [0.3, 0.4) is 0 Å². The molecule has 0 aromatic carbocycles. The highest BCUT2D eigenvalue weighted by Crippen LogP contribution is 2.28. The van der Waals surface area contributed by atoms with Gasteiger partial charge in [-0.1, -0.05) is 18.0 Å². The van der Waals surface area contributed by atoms with Crippen molar-refractivity contribution >= 4 is 33.4 Å². The maximum atomic E-state index is 12.2. The van der Waals surface area contributed by atoms with Crippen molar-refractivity contribution < 1.29 is 18.3 Å². The number of carboxylic acids is 1. The zero-order valence-corrected chi connectivity index (χ0v) is 12.0. The van der Waals surface area contributed by atoms with Gasteiger partial charge in [-0.25, -0.2) is 18.1 Å². The molecule has 20 heavy (non-hydrogen) atoms. The molecule has 1 aromatic rings. The predicted octanol–water partition coefficient (Wildman–Crippen LogP) is 0.849. The van der Waals surface area contributed by atoms with Gasteiger partial charge in [0.15, 0.2) is 0 Å². The number of halogens is 1. The summed E-state index contributed by atoms with van der Waals surface area (Å²) in [6.45, 7) is 0. The Labute approximate surface area is 121 Å². The summed E-state index contributed by atoms with van der Waals surface area (Å²) in [7, 11) is -3.95. The van der Waals surface area contributed by atoms with Gasteiger partial charge in [0, 0.05) is 12.2 Å². The number of hydrogen-bond acceptors (Lipinski definition) is 5. The molecule has 9 heteroatoms. The van der Waals surface area contributed by atoms with Crippen LogP contribution in [0, 0.1) is 5.92 Å². The van der Waals surface area contributed by atoms with Gasteiger partial charge in [0.1, 0.15) is 10.7 Å². The lowest BCUT2D eigenvalue weighted by Crippen LogP contribution is -2.40. The number of anilines is 1. The molecule has 0 amide bonds. The van der Waals surface area contributed by atoms with Gasteiger partial charge in [0.25, 0.3) is 0 Å². The van der Waals surface area contributed by atoms with Gasteiger partial charge in [-0.3, -0.25) is 4.79 Å². The molecule has 1 aliphatic rings. The van der Waals surface area contributed by atoms with E-state index in [4.69, 9.17) is 22.4 Å². The Morgan fingerprint density at radius 2 is 2.20 bits per heavy atom. The molecule has 1 aromatic heterocycles.